The van der Waals surface area contributed by atoms with Crippen LogP contribution in [-0.2, 0) is 11.8 Å². The van der Waals surface area contributed by atoms with Crippen molar-refractivity contribution in [2.45, 2.75) is 49.2 Å². The van der Waals surface area contributed by atoms with Crippen molar-refractivity contribution < 1.29 is 4.79 Å². The molecule has 0 bridgehead atoms. The van der Waals surface area contributed by atoms with Crippen LogP contribution in [0.1, 0.15) is 38.5 Å². The van der Waals surface area contributed by atoms with Gasteiger partial charge in [-0.05, 0) is 25.0 Å². The summed E-state index contributed by atoms with van der Waals surface area (Å²) < 4.78 is 2.00. The van der Waals surface area contributed by atoms with Crippen molar-refractivity contribution in [3.05, 3.63) is 24.3 Å². The second-order valence-electron chi connectivity index (χ2n) is 6.39. The Morgan fingerprint density at radius 2 is 2.04 bits per heavy atom. The highest BCUT2D eigenvalue weighted by atomic mass is 32.2. The predicted molar refractivity (Wildman–Crippen MR) is 95.6 cm³/mol. The Kier molecular flexibility index (Phi) is 5.10. The van der Waals surface area contributed by atoms with Gasteiger partial charge in [0.05, 0.1) is 22.9 Å². The number of aryl methyl sites for hydroxylation is 1. The van der Waals surface area contributed by atoms with Crippen molar-refractivity contribution in [1.82, 2.24) is 14.9 Å². The number of imidazole rings is 1. The lowest BCUT2D eigenvalue weighted by Crippen LogP contribution is -2.47. The number of para-hydroxylation sites is 2. The van der Waals surface area contributed by atoms with E-state index in [1.807, 2.05) is 35.9 Å². The van der Waals surface area contributed by atoms with Crippen molar-refractivity contribution in [3.63, 3.8) is 0 Å². The van der Waals surface area contributed by atoms with Gasteiger partial charge in [-0.3, -0.25) is 4.79 Å². The average molecular weight is 342 g/mol. The van der Waals surface area contributed by atoms with Crippen LogP contribution < -0.4 is 5.32 Å². The van der Waals surface area contributed by atoms with Crippen LogP contribution in [0.2, 0.25) is 0 Å². The van der Waals surface area contributed by atoms with Gasteiger partial charge in [0.25, 0.3) is 0 Å². The number of hydrogen-bond acceptors (Lipinski definition) is 4. The minimum atomic E-state index is -0.680. The summed E-state index contributed by atoms with van der Waals surface area (Å²) in [5, 5.41) is 13.4. The monoisotopic (exact) mass is 342 g/mol. The quantitative estimate of drug-likeness (QED) is 0.683. The number of rotatable bonds is 4. The summed E-state index contributed by atoms with van der Waals surface area (Å²) in [6.45, 7) is 0. The minimum Gasteiger partial charge on any atom is -0.337 e. The normalized spacial score (nSPS) is 17.2. The SMILES string of the molecule is Cn1c(SCC(=O)NC2(C#N)CCCCCC2)nc2ccccc21. The Hall–Kier alpha value is -2.00. The summed E-state index contributed by atoms with van der Waals surface area (Å²) in [7, 11) is 1.96. The molecule has 3 rings (SSSR count). The van der Waals surface area contributed by atoms with Gasteiger partial charge >= 0.3 is 0 Å². The molecule has 1 N–H and O–H groups in total. The maximum atomic E-state index is 12.4. The maximum Gasteiger partial charge on any atom is 0.231 e. The lowest BCUT2D eigenvalue weighted by molar-refractivity contribution is -0.120. The molecule has 0 saturated heterocycles. The highest BCUT2D eigenvalue weighted by Gasteiger charge is 2.32. The van der Waals surface area contributed by atoms with Crippen LogP contribution in [0.25, 0.3) is 11.0 Å². The lowest BCUT2D eigenvalue weighted by atomic mass is 9.92. The summed E-state index contributed by atoms with van der Waals surface area (Å²) in [6.07, 6.45) is 5.82. The van der Waals surface area contributed by atoms with Gasteiger partial charge in [0.15, 0.2) is 5.16 Å². The van der Waals surface area contributed by atoms with Crippen LogP contribution in [0.3, 0.4) is 0 Å². The zero-order valence-electron chi connectivity index (χ0n) is 13.9. The van der Waals surface area contributed by atoms with Crippen molar-refractivity contribution in [2.75, 3.05) is 5.75 Å². The number of nitrogens with zero attached hydrogens (tertiary/aromatic N) is 3. The van der Waals surface area contributed by atoms with Crippen molar-refractivity contribution in [3.8, 4) is 6.07 Å². The van der Waals surface area contributed by atoms with Gasteiger partial charge in [0.2, 0.25) is 5.91 Å². The van der Waals surface area contributed by atoms with Gasteiger partial charge in [0, 0.05) is 7.05 Å². The molecule has 0 spiro atoms. The number of fused-ring (bicyclic) bond motifs is 1. The van der Waals surface area contributed by atoms with Crippen LogP contribution in [-0.4, -0.2) is 26.8 Å². The standard InChI is InChI=1S/C18H22N4OS/c1-22-15-9-5-4-8-14(15)20-17(22)24-12-16(23)21-18(13-19)10-6-2-3-7-11-18/h4-5,8-9H,2-3,6-7,10-12H2,1H3,(H,21,23). The van der Waals surface area contributed by atoms with Crippen LogP contribution in [0, 0.1) is 11.3 Å². The smallest absolute Gasteiger partial charge is 0.231 e. The number of benzene rings is 1. The molecule has 5 nitrogen and oxygen atoms in total. The third-order valence-electron chi connectivity index (χ3n) is 4.63. The van der Waals surface area contributed by atoms with E-state index in [0.717, 1.165) is 54.7 Å². The van der Waals surface area contributed by atoms with Gasteiger partial charge < -0.3 is 9.88 Å². The van der Waals surface area contributed by atoms with Crippen molar-refractivity contribution in [1.29, 1.82) is 5.26 Å². The molecule has 0 unspecified atom stereocenters. The second-order valence-corrected chi connectivity index (χ2v) is 7.33. The summed E-state index contributed by atoms with van der Waals surface area (Å²) in [5.74, 6) is 0.191. The summed E-state index contributed by atoms with van der Waals surface area (Å²) in [6, 6.07) is 10.3. The van der Waals surface area contributed by atoms with E-state index in [-0.39, 0.29) is 11.7 Å². The number of carbonyl (C=O) groups excluding carboxylic acids is 1. The van der Waals surface area contributed by atoms with Gasteiger partial charge in [-0.1, -0.05) is 49.6 Å². The van der Waals surface area contributed by atoms with E-state index in [9.17, 15) is 10.1 Å². The number of hydrogen-bond donors (Lipinski definition) is 1. The summed E-state index contributed by atoms with van der Waals surface area (Å²) in [5.41, 5.74) is 1.30. The molecule has 0 radical (unpaired) electrons. The van der Waals surface area contributed by atoms with Gasteiger partial charge in [-0.25, -0.2) is 4.98 Å². The second kappa shape index (κ2) is 7.27. The fraction of sp³-hybridized carbons (Fsp3) is 0.500. The van der Waals surface area contributed by atoms with E-state index < -0.39 is 5.54 Å². The maximum absolute atomic E-state index is 12.4. The Morgan fingerprint density at radius 1 is 1.33 bits per heavy atom. The van der Waals surface area contributed by atoms with Crippen LogP contribution >= 0.6 is 11.8 Å². The molecule has 1 amide bonds. The Bertz CT molecular complexity index is 769. The van der Waals surface area contributed by atoms with Gasteiger partial charge in [-0.15, -0.1) is 0 Å². The van der Waals surface area contributed by atoms with E-state index in [1.165, 1.54) is 11.8 Å². The number of nitrogens with one attached hydrogen (secondary N) is 1. The molecular weight excluding hydrogens is 320 g/mol. The molecule has 126 valence electrons. The molecule has 24 heavy (non-hydrogen) atoms. The Balaban J connectivity index is 1.64. The first-order valence-electron chi connectivity index (χ1n) is 8.40. The fourth-order valence-corrected chi connectivity index (χ4v) is 4.07. The number of carbonyl (C=O) groups is 1. The molecule has 2 aromatic rings. The average Bonchev–Trinajstić information content (AvgIpc) is 2.76. The summed E-state index contributed by atoms with van der Waals surface area (Å²) >= 11 is 1.41. The molecule has 1 aliphatic rings. The largest absolute Gasteiger partial charge is 0.337 e. The Labute approximate surface area is 146 Å². The number of amides is 1. The van der Waals surface area contributed by atoms with Crippen LogP contribution in [0.5, 0.6) is 0 Å². The van der Waals surface area contributed by atoms with E-state index in [4.69, 9.17) is 0 Å². The molecule has 1 fully saturated rings. The molecule has 1 aromatic carbocycles. The van der Waals surface area contributed by atoms with E-state index in [0.29, 0.717) is 0 Å². The topological polar surface area (TPSA) is 70.7 Å². The zero-order valence-corrected chi connectivity index (χ0v) is 14.7. The molecule has 0 aliphatic heterocycles. The third-order valence-corrected chi connectivity index (χ3v) is 5.66. The minimum absolute atomic E-state index is 0.0875. The number of thioether (sulfide) groups is 1. The van der Waals surface area contributed by atoms with Gasteiger partial charge in [0.1, 0.15) is 5.54 Å². The van der Waals surface area contributed by atoms with E-state index >= 15 is 0 Å². The molecular formula is C18H22N4OS. The molecule has 1 aliphatic carbocycles. The zero-order chi connectivity index (χ0) is 17.0. The van der Waals surface area contributed by atoms with Crippen molar-refractivity contribution in [2.24, 2.45) is 7.05 Å². The highest BCUT2D eigenvalue weighted by molar-refractivity contribution is 7.99. The van der Waals surface area contributed by atoms with Crippen LogP contribution in [0.4, 0.5) is 0 Å². The predicted octanol–water partition coefficient (Wildman–Crippen LogP) is 3.40. The Morgan fingerprint density at radius 3 is 2.71 bits per heavy atom. The lowest BCUT2D eigenvalue weighted by Gasteiger charge is -2.26. The third kappa shape index (κ3) is 3.57. The molecule has 1 saturated carbocycles. The number of nitriles is 1. The highest BCUT2D eigenvalue weighted by Crippen LogP contribution is 2.27. The first kappa shape index (κ1) is 16.8. The van der Waals surface area contributed by atoms with Crippen LogP contribution in [0.15, 0.2) is 29.4 Å². The van der Waals surface area contributed by atoms with Gasteiger partial charge in [-0.2, -0.15) is 5.26 Å². The first-order chi connectivity index (χ1) is 11.6. The van der Waals surface area contributed by atoms with Crippen molar-refractivity contribution >= 4 is 28.7 Å². The molecule has 1 aromatic heterocycles. The molecule has 0 atom stereocenters. The van der Waals surface area contributed by atoms with E-state index in [2.05, 4.69) is 16.4 Å². The first-order valence-corrected chi connectivity index (χ1v) is 9.39. The van der Waals surface area contributed by atoms with E-state index in [1.54, 1.807) is 0 Å². The molecule has 6 heteroatoms. The summed E-state index contributed by atoms with van der Waals surface area (Å²) in [4.78, 5) is 16.9. The number of aromatic nitrogens is 2. The fourth-order valence-electron chi connectivity index (χ4n) is 3.28. The molecule has 1 heterocycles.